The summed E-state index contributed by atoms with van der Waals surface area (Å²) in [6.45, 7) is 9.39. The minimum Gasteiger partial charge on any atom is -0.338 e. The molecule has 0 bridgehead atoms. The molecular formula is C21H33N3O. The molecule has 4 heteroatoms. The molecule has 2 heterocycles. The van der Waals surface area contributed by atoms with E-state index in [1.54, 1.807) is 6.92 Å². The number of piperidine rings is 1. The fourth-order valence-electron chi connectivity index (χ4n) is 4.32. The molecule has 2 aliphatic heterocycles. The van der Waals surface area contributed by atoms with Gasteiger partial charge >= 0.3 is 0 Å². The summed E-state index contributed by atoms with van der Waals surface area (Å²) < 4.78 is 0. The van der Waals surface area contributed by atoms with Crippen LogP contribution in [0.5, 0.6) is 0 Å². The van der Waals surface area contributed by atoms with Crippen LogP contribution in [0, 0.1) is 6.92 Å². The second kappa shape index (κ2) is 8.81. The molecule has 2 saturated heterocycles. The fourth-order valence-corrected chi connectivity index (χ4v) is 4.32. The van der Waals surface area contributed by atoms with Crippen LogP contribution in [-0.4, -0.2) is 60.5 Å². The van der Waals surface area contributed by atoms with Crippen molar-refractivity contribution < 1.29 is 4.79 Å². The normalized spacial score (nSPS) is 24.6. The predicted molar refractivity (Wildman–Crippen MR) is 103 cm³/mol. The van der Waals surface area contributed by atoms with Crippen molar-refractivity contribution in [3.05, 3.63) is 35.4 Å². The van der Waals surface area contributed by atoms with Crippen molar-refractivity contribution in [2.45, 2.75) is 58.0 Å². The Labute approximate surface area is 152 Å². The maximum absolute atomic E-state index is 12.2. The van der Waals surface area contributed by atoms with Crippen LogP contribution in [0.15, 0.2) is 24.3 Å². The Hall–Kier alpha value is -1.39. The predicted octanol–water partition coefficient (Wildman–Crippen LogP) is 2.60. The lowest BCUT2D eigenvalue weighted by Crippen LogP contribution is -2.57. The monoisotopic (exact) mass is 343 g/mol. The molecule has 3 rings (SSSR count). The Kier molecular flexibility index (Phi) is 6.49. The molecule has 0 radical (unpaired) electrons. The van der Waals surface area contributed by atoms with Crippen LogP contribution < -0.4 is 5.32 Å². The summed E-state index contributed by atoms with van der Waals surface area (Å²) in [4.78, 5) is 16.8. The summed E-state index contributed by atoms with van der Waals surface area (Å²) in [6.07, 6.45) is 5.90. The van der Waals surface area contributed by atoms with Crippen molar-refractivity contribution in [2.24, 2.45) is 0 Å². The summed E-state index contributed by atoms with van der Waals surface area (Å²) in [6, 6.07) is 9.44. The van der Waals surface area contributed by atoms with Gasteiger partial charge in [0.2, 0.25) is 5.91 Å². The number of hydrogen-bond donors (Lipinski definition) is 1. The number of rotatable bonds is 6. The van der Waals surface area contributed by atoms with Crippen LogP contribution in [-0.2, 0) is 11.2 Å². The zero-order chi connectivity index (χ0) is 17.6. The van der Waals surface area contributed by atoms with Crippen LogP contribution >= 0.6 is 0 Å². The van der Waals surface area contributed by atoms with Crippen molar-refractivity contribution in [1.82, 2.24) is 15.1 Å². The molecule has 0 aromatic heterocycles. The summed E-state index contributed by atoms with van der Waals surface area (Å²) in [5.74, 6) is 0.211. The zero-order valence-electron chi connectivity index (χ0n) is 15.8. The van der Waals surface area contributed by atoms with Crippen molar-refractivity contribution in [3.8, 4) is 0 Å². The van der Waals surface area contributed by atoms with Crippen LogP contribution in [0.3, 0.4) is 0 Å². The van der Waals surface area contributed by atoms with E-state index < -0.39 is 0 Å². The number of hydrogen-bond acceptors (Lipinski definition) is 3. The van der Waals surface area contributed by atoms with E-state index in [0.29, 0.717) is 6.04 Å². The smallest absolute Gasteiger partial charge is 0.219 e. The highest BCUT2D eigenvalue weighted by Gasteiger charge is 2.32. The highest BCUT2D eigenvalue weighted by atomic mass is 16.2. The second-order valence-electron chi connectivity index (χ2n) is 7.72. The molecule has 2 atom stereocenters. The molecule has 2 fully saturated rings. The van der Waals surface area contributed by atoms with Crippen molar-refractivity contribution in [3.63, 3.8) is 0 Å². The van der Waals surface area contributed by atoms with Gasteiger partial charge in [-0.25, -0.2) is 0 Å². The average molecular weight is 344 g/mol. The number of likely N-dealkylation sites (tertiary alicyclic amines) is 2. The Morgan fingerprint density at radius 2 is 1.84 bits per heavy atom. The Morgan fingerprint density at radius 3 is 2.52 bits per heavy atom. The lowest BCUT2D eigenvalue weighted by atomic mass is 9.90. The lowest BCUT2D eigenvalue weighted by Gasteiger charge is -2.42. The van der Waals surface area contributed by atoms with E-state index in [1.807, 2.05) is 0 Å². The van der Waals surface area contributed by atoms with Gasteiger partial charge in [0.25, 0.3) is 0 Å². The molecule has 0 aliphatic carbocycles. The number of aryl methyl sites for hydroxylation is 1. The van der Waals surface area contributed by atoms with E-state index in [9.17, 15) is 4.79 Å². The Morgan fingerprint density at radius 1 is 1.12 bits per heavy atom. The Bertz CT molecular complexity index is 551. The first-order chi connectivity index (χ1) is 12.1. The topological polar surface area (TPSA) is 35.6 Å². The van der Waals surface area contributed by atoms with Gasteiger partial charge in [-0.15, -0.1) is 0 Å². The van der Waals surface area contributed by atoms with Crippen molar-refractivity contribution in [2.75, 3.05) is 32.7 Å². The van der Waals surface area contributed by atoms with E-state index >= 15 is 0 Å². The molecule has 25 heavy (non-hydrogen) atoms. The van der Waals surface area contributed by atoms with Gasteiger partial charge in [-0.05, 0) is 57.7 Å². The third kappa shape index (κ3) is 5.05. The molecule has 1 aromatic carbocycles. The van der Waals surface area contributed by atoms with Crippen LogP contribution in [0.4, 0.5) is 0 Å². The van der Waals surface area contributed by atoms with Crippen LogP contribution in [0.2, 0.25) is 0 Å². The molecule has 138 valence electrons. The zero-order valence-corrected chi connectivity index (χ0v) is 15.8. The summed E-state index contributed by atoms with van der Waals surface area (Å²) in [7, 11) is 0. The second-order valence-corrected chi connectivity index (χ2v) is 7.72. The number of carbonyl (C=O) groups excluding carboxylic acids is 1. The lowest BCUT2D eigenvalue weighted by molar-refractivity contribution is -0.133. The molecule has 1 aromatic rings. The van der Waals surface area contributed by atoms with E-state index in [-0.39, 0.29) is 11.9 Å². The van der Waals surface area contributed by atoms with Gasteiger partial charge in [0.15, 0.2) is 0 Å². The van der Waals surface area contributed by atoms with Crippen LogP contribution in [0.25, 0.3) is 0 Å². The van der Waals surface area contributed by atoms with E-state index in [4.69, 9.17) is 0 Å². The van der Waals surface area contributed by atoms with Gasteiger partial charge in [0.05, 0.1) is 6.04 Å². The Balaban J connectivity index is 1.62. The number of amides is 1. The number of carbonyl (C=O) groups is 1. The molecule has 0 spiro atoms. The molecule has 4 nitrogen and oxygen atoms in total. The van der Waals surface area contributed by atoms with E-state index in [1.165, 1.54) is 43.5 Å². The van der Waals surface area contributed by atoms with E-state index in [0.717, 1.165) is 32.5 Å². The maximum Gasteiger partial charge on any atom is 0.219 e. The standard InChI is InChI=1S/C21H33N3O/c1-17-7-9-19(10-8-17)16-21-20(6-5-14-24(21)18(2)25)22-11-15-23-12-3-4-13-23/h7-10,20-22H,3-6,11-16H2,1-2H3/t20-,21-/m0/s1. The largest absolute Gasteiger partial charge is 0.338 e. The summed E-state index contributed by atoms with van der Waals surface area (Å²) in [5, 5.41) is 3.78. The summed E-state index contributed by atoms with van der Waals surface area (Å²) in [5.41, 5.74) is 2.62. The average Bonchev–Trinajstić information content (AvgIpc) is 3.11. The minimum atomic E-state index is 0.211. The third-order valence-corrected chi connectivity index (χ3v) is 5.78. The fraction of sp³-hybridized carbons (Fsp3) is 0.667. The highest BCUT2D eigenvalue weighted by Crippen LogP contribution is 2.22. The van der Waals surface area contributed by atoms with Gasteiger partial charge in [-0.1, -0.05) is 29.8 Å². The van der Waals surface area contributed by atoms with Gasteiger partial charge < -0.3 is 15.1 Å². The van der Waals surface area contributed by atoms with E-state index in [2.05, 4.69) is 46.3 Å². The first-order valence-corrected chi connectivity index (χ1v) is 9.92. The first-order valence-electron chi connectivity index (χ1n) is 9.92. The number of nitrogens with zero attached hydrogens (tertiary/aromatic N) is 2. The molecule has 0 unspecified atom stereocenters. The number of nitrogens with one attached hydrogen (secondary N) is 1. The highest BCUT2D eigenvalue weighted by molar-refractivity contribution is 5.73. The maximum atomic E-state index is 12.2. The van der Waals surface area contributed by atoms with Crippen molar-refractivity contribution in [1.29, 1.82) is 0 Å². The quantitative estimate of drug-likeness (QED) is 0.862. The molecular weight excluding hydrogens is 310 g/mol. The summed E-state index contributed by atoms with van der Waals surface area (Å²) >= 11 is 0. The molecule has 0 saturated carbocycles. The minimum absolute atomic E-state index is 0.211. The van der Waals surface area contributed by atoms with Gasteiger partial charge in [0, 0.05) is 32.6 Å². The first kappa shape index (κ1) is 18.4. The van der Waals surface area contributed by atoms with Crippen molar-refractivity contribution >= 4 is 5.91 Å². The number of benzene rings is 1. The third-order valence-electron chi connectivity index (χ3n) is 5.78. The van der Waals surface area contributed by atoms with Crippen LogP contribution in [0.1, 0.15) is 43.7 Å². The van der Waals surface area contributed by atoms with Gasteiger partial charge in [-0.3, -0.25) is 4.79 Å². The van der Waals surface area contributed by atoms with Gasteiger partial charge in [0.1, 0.15) is 0 Å². The van der Waals surface area contributed by atoms with Gasteiger partial charge in [-0.2, -0.15) is 0 Å². The molecule has 1 N–H and O–H groups in total. The SMILES string of the molecule is CC(=O)N1CCC[C@H](NCCN2CCCC2)[C@@H]1Cc1ccc(C)cc1. The molecule has 1 amide bonds. The molecule has 2 aliphatic rings.